The van der Waals surface area contributed by atoms with E-state index in [1.165, 1.54) is 0 Å². The number of para-hydroxylation sites is 2. The predicted molar refractivity (Wildman–Crippen MR) is 108 cm³/mol. The number of aromatic amines is 1. The Morgan fingerprint density at radius 2 is 1.86 bits per heavy atom. The molecule has 0 bridgehead atoms. The van der Waals surface area contributed by atoms with Crippen LogP contribution in [0.2, 0.25) is 0 Å². The Morgan fingerprint density at radius 1 is 1.14 bits per heavy atom. The molecule has 3 aromatic rings. The SMILES string of the molecule is COc1ccccc1CC(CNC(=O)Cc1c(C)[nH]c2ccccc12)C(=O)O. The van der Waals surface area contributed by atoms with Gasteiger partial charge in [-0.2, -0.15) is 0 Å². The van der Waals surface area contributed by atoms with Crippen LogP contribution in [0, 0.1) is 12.8 Å². The zero-order chi connectivity index (χ0) is 20.1. The van der Waals surface area contributed by atoms with Gasteiger partial charge in [0.25, 0.3) is 0 Å². The number of ether oxygens (including phenoxy) is 1. The standard InChI is InChI=1S/C22H24N2O4/c1-14-18(17-8-4-5-9-19(17)24-14)12-21(25)23-13-16(22(26)27)11-15-7-3-6-10-20(15)28-2/h3-10,16,24H,11-13H2,1-2H3,(H,23,25)(H,26,27). The number of aromatic nitrogens is 1. The van der Waals surface area contributed by atoms with Crippen molar-refractivity contribution in [3.8, 4) is 5.75 Å². The second kappa shape index (κ2) is 8.61. The maximum atomic E-state index is 12.5. The van der Waals surface area contributed by atoms with E-state index in [0.29, 0.717) is 5.75 Å². The van der Waals surface area contributed by atoms with Gasteiger partial charge in [-0.05, 0) is 36.6 Å². The van der Waals surface area contributed by atoms with Crippen molar-refractivity contribution >= 4 is 22.8 Å². The molecule has 0 radical (unpaired) electrons. The van der Waals surface area contributed by atoms with Crippen molar-refractivity contribution in [1.29, 1.82) is 0 Å². The Morgan fingerprint density at radius 3 is 2.61 bits per heavy atom. The molecular formula is C22H24N2O4. The van der Waals surface area contributed by atoms with Gasteiger partial charge in [-0.25, -0.2) is 0 Å². The molecule has 3 rings (SSSR count). The number of nitrogens with one attached hydrogen (secondary N) is 2. The summed E-state index contributed by atoms with van der Waals surface area (Å²) in [5.41, 5.74) is 3.67. The van der Waals surface area contributed by atoms with E-state index in [9.17, 15) is 14.7 Å². The number of carboxylic acids is 1. The van der Waals surface area contributed by atoms with Crippen LogP contribution in [0.15, 0.2) is 48.5 Å². The number of benzene rings is 2. The molecule has 1 heterocycles. The van der Waals surface area contributed by atoms with Gasteiger partial charge >= 0.3 is 5.97 Å². The molecule has 0 aliphatic rings. The van der Waals surface area contributed by atoms with Gasteiger partial charge < -0.3 is 20.1 Å². The van der Waals surface area contributed by atoms with Crippen LogP contribution in [-0.2, 0) is 22.4 Å². The van der Waals surface area contributed by atoms with Crippen molar-refractivity contribution < 1.29 is 19.4 Å². The summed E-state index contributed by atoms with van der Waals surface area (Å²) in [6, 6.07) is 15.1. The number of fused-ring (bicyclic) bond motifs is 1. The minimum atomic E-state index is -0.950. The highest BCUT2D eigenvalue weighted by Gasteiger charge is 2.21. The van der Waals surface area contributed by atoms with Crippen molar-refractivity contribution in [3.63, 3.8) is 0 Å². The molecule has 1 amide bonds. The van der Waals surface area contributed by atoms with Crippen molar-refractivity contribution in [3.05, 3.63) is 65.4 Å². The summed E-state index contributed by atoms with van der Waals surface area (Å²) in [6.45, 7) is 2.00. The van der Waals surface area contributed by atoms with Gasteiger partial charge in [-0.3, -0.25) is 9.59 Å². The Hall–Kier alpha value is -3.28. The van der Waals surface area contributed by atoms with Gasteiger partial charge in [-0.1, -0.05) is 36.4 Å². The molecule has 0 fully saturated rings. The Bertz CT molecular complexity index is 993. The molecule has 6 nitrogen and oxygen atoms in total. The van der Waals surface area contributed by atoms with Gasteiger partial charge in [0.15, 0.2) is 0 Å². The topological polar surface area (TPSA) is 91.4 Å². The van der Waals surface area contributed by atoms with E-state index in [-0.39, 0.29) is 25.3 Å². The van der Waals surface area contributed by atoms with Crippen LogP contribution in [0.3, 0.4) is 0 Å². The van der Waals surface area contributed by atoms with Crippen molar-refractivity contribution in [2.75, 3.05) is 13.7 Å². The highest BCUT2D eigenvalue weighted by atomic mass is 16.5. The van der Waals surface area contributed by atoms with Crippen LogP contribution in [-0.4, -0.2) is 35.6 Å². The number of H-pyrrole nitrogens is 1. The molecule has 0 spiro atoms. The number of hydrogen-bond donors (Lipinski definition) is 3. The fourth-order valence-electron chi connectivity index (χ4n) is 3.41. The number of carbonyl (C=O) groups excluding carboxylic acids is 1. The summed E-state index contributed by atoms with van der Waals surface area (Å²) in [6.07, 6.45) is 0.489. The third-order valence-corrected chi connectivity index (χ3v) is 4.92. The third-order valence-electron chi connectivity index (χ3n) is 4.92. The molecule has 1 aromatic heterocycles. The average Bonchev–Trinajstić information content (AvgIpc) is 3.00. The first kappa shape index (κ1) is 19.5. The second-order valence-electron chi connectivity index (χ2n) is 6.81. The average molecular weight is 380 g/mol. The molecule has 0 aliphatic carbocycles. The summed E-state index contributed by atoms with van der Waals surface area (Å²) in [5, 5.41) is 13.3. The number of rotatable bonds is 8. The highest BCUT2D eigenvalue weighted by Crippen LogP contribution is 2.23. The zero-order valence-corrected chi connectivity index (χ0v) is 16.0. The van der Waals surface area contributed by atoms with Gasteiger partial charge in [0.2, 0.25) is 5.91 Å². The number of carbonyl (C=O) groups is 2. The predicted octanol–water partition coefficient (Wildman–Crippen LogP) is 3.09. The van der Waals surface area contributed by atoms with Crippen LogP contribution < -0.4 is 10.1 Å². The third kappa shape index (κ3) is 4.34. The normalized spacial score (nSPS) is 11.9. The molecule has 6 heteroatoms. The van der Waals surface area contributed by atoms with Gasteiger partial charge in [0.05, 0.1) is 19.4 Å². The maximum Gasteiger partial charge on any atom is 0.308 e. The summed E-state index contributed by atoms with van der Waals surface area (Å²) in [7, 11) is 1.56. The van der Waals surface area contributed by atoms with Crippen LogP contribution in [0.5, 0.6) is 5.75 Å². The maximum absolute atomic E-state index is 12.5. The molecular weight excluding hydrogens is 356 g/mol. The molecule has 0 saturated carbocycles. The fourth-order valence-corrected chi connectivity index (χ4v) is 3.41. The fraction of sp³-hybridized carbons (Fsp3) is 0.273. The lowest BCUT2D eigenvalue weighted by molar-refractivity contribution is -0.141. The molecule has 0 aliphatic heterocycles. The number of hydrogen-bond acceptors (Lipinski definition) is 3. The van der Waals surface area contributed by atoms with E-state index in [0.717, 1.165) is 27.7 Å². The number of aliphatic carboxylic acids is 1. The van der Waals surface area contributed by atoms with Gasteiger partial charge in [0, 0.05) is 23.1 Å². The molecule has 0 saturated heterocycles. The Labute approximate surface area is 163 Å². The molecule has 146 valence electrons. The lowest BCUT2D eigenvalue weighted by atomic mass is 9.98. The van der Waals surface area contributed by atoms with Gasteiger partial charge in [-0.15, -0.1) is 0 Å². The van der Waals surface area contributed by atoms with Crippen LogP contribution >= 0.6 is 0 Å². The first-order valence-electron chi connectivity index (χ1n) is 9.17. The first-order chi connectivity index (χ1) is 13.5. The van der Waals surface area contributed by atoms with Crippen LogP contribution in [0.1, 0.15) is 16.8 Å². The molecule has 2 aromatic carbocycles. The van der Waals surface area contributed by atoms with E-state index in [4.69, 9.17) is 4.74 Å². The number of amides is 1. The van der Waals surface area contributed by atoms with E-state index in [2.05, 4.69) is 10.3 Å². The number of aryl methyl sites for hydroxylation is 1. The van der Waals surface area contributed by atoms with E-state index < -0.39 is 11.9 Å². The monoisotopic (exact) mass is 380 g/mol. The zero-order valence-electron chi connectivity index (χ0n) is 16.0. The largest absolute Gasteiger partial charge is 0.496 e. The van der Waals surface area contributed by atoms with Crippen molar-refractivity contribution in [2.24, 2.45) is 5.92 Å². The number of carboxylic acid groups (broad SMARTS) is 1. The number of methoxy groups -OCH3 is 1. The van der Waals surface area contributed by atoms with Gasteiger partial charge in [0.1, 0.15) is 5.75 Å². The summed E-state index contributed by atoms with van der Waals surface area (Å²) in [5.74, 6) is -1.23. The van der Waals surface area contributed by atoms with Crippen LogP contribution in [0.4, 0.5) is 0 Å². The van der Waals surface area contributed by atoms with E-state index in [1.54, 1.807) is 13.2 Å². The first-order valence-corrected chi connectivity index (χ1v) is 9.17. The molecule has 3 N–H and O–H groups in total. The molecule has 28 heavy (non-hydrogen) atoms. The summed E-state index contributed by atoms with van der Waals surface area (Å²) in [4.78, 5) is 27.4. The minimum Gasteiger partial charge on any atom is -0.496 e. The summed E-state index contributed by atoms with van der Waals surface area (Å²) < 4.78 is 5.29. The minimum absolute atomic E-state index is 0.0631. The highest BCUT2D eigenvalue weighted by molar-refractivity contribution is 5.90. The smallest absolute Gasteiger partial charge is 0.308 e. The molecule has 1 unspecified atom stereocenters. The van der Waals surface area contributed by atoms with Crippen LogP contribution in [0.25, 0.3) is 10.9 Å². The van der Waals surface area contributed by atoms with Crippen molar-refractivity contribution in [1.82, 2.24) is 10.3 Å². The quantitative estimate of drug-likeness (QED) is 0.560. The van der Waals surface area contributed by atoms with E-state index in [1.807, 2.05) is 49.4 Å². The lowest BCUT2D eigenvalue weighted by Crippen LogP contribution is -2.35. The van der Waals surface area contributed by atoms with E-state index >= 15 is 0 Å². The lowest BCUT2D eigenvalue weighted by Gasteiger charge is -2.15. The Kier molecular flexibility index (Phi) is 5.99. The molecule has 1 atom stereocenters. The second-order valence-corrected chi connectivity index (χ2v) is 6.81. The summed E-state index contributed by atoms with van der Waals surface area (Å²) >= 11 is 0. The Balaban J connectivity index is 1.66. The van der Waals surface area contributed by atoms with Crippen molar-refractivity contribution in [2.45, 2.75) is 19.8 Å².